The average molecular weight is 495 g/mol. The molecule has 4 aromatic rings. The predicted molar refractivity (Wildman–Crippen MR) is 134 cm³/mol. The van der Waals surface area contributed by atoms with Crippen molar-refractivity contribution < 1.29 is 23.7 Å². The second kappa shape index (κ2) is 9.10. The van der Waals surface area contributed by atoms with Crippen molar-refractivity contribution in [2.75, 3.05) is 33.3 Å². The van der Waals surface area contributed by atoms with E-state index in [0.29, 0.717) is 34.8 Å². The van der Waals surface area contributed by atoms with Gasteiger partial charge in [-0.2, -0.15) is 9.78 Å². The number of thiazole rings is 1. The smallest absolute Gasteiger partial charge is 0.226 e. The van der Waals surface area contributed by atoms with Crippen molar-refractivity contribution in [2.24, 2.45) is 0 Å². The minimum atomic E-state index is -0.236. The Balaban J connectivity index is 1.63. The van der Waals surface area contributed by atoms with Crippen LogP contribution in [0.25, 0.3) is 15.3 Å². The third kappa shape index (κ3) is 3.93. The SMILES string of the molecule is CCOc1ccc2nc(-n3nc(C)c4c3NC(=O)C[C@@H]4c3cc(OC)c(OC)c(OC)c3)sc2c1. The van der Waals surface area contributed by atoms with Gasteiger partial charge in [0.1, 0.15) is 11.6 Å². The Kier molecular flexibility index (Phi) is 5.98. The first-order valence-electron chi connectivity index (χ1n) is 11.2. The average Bonchev–Trinajstić information content (AvgIpc) is 3.43. The van der Waals surface area contributed by atoms with E-state index in [0.717, 1.165) is 32.8 Å². The van der Waals surface area contributed by atoms with Gasteiger partial charge in [-0.25, -0.2) is 4.98 Å². The highest BCUT2D eigenvalue weighted by Crippen LogP contribution is 2.46. The van der Waals surface area contributed by atoms with Crippen molar-refractivity contribution in [1.29, 1.82) is 0 Å². The zero-order chi connectivity index (χ0) is 24.7. The number of nitrogens with zero attached hydrogens (tertiary/aromatic N) is 3. The number of rotatable bonds is 7. The minimum Gasteiger partial charge on any atom is -0.494 e. The van der Waals surface area contributed by atoms with Crippen LogP contribution in [0.4, 0.5) is 5.82 Å². The highest BCUT2D eigenvalue weighted by molar-refractivity contribution is 7.20. The Morgan fingerprint density at radius 3 is 2.51 bits per heavy atom. The van der Waals surface area contributed by atoms with Crippen LogP contribution in [-0.2, 0) is 4.79 Å². The third-order valence-corrected chi connectivity index (χ3v) is 7.03. The van der Waals surface area contributed by atoms with Gasteiger partial charge in [0.15, 0.2) is 11.5 Å². The van der Waals surface area contributed by atoms with Crippen LogP contribution in [0.1, 0.15) is 36.1 Å². The van der Waals surface area contributed by atoms with E-state index < -0.39 is 0 Å². The summed E-state index contributed by atoms with van der Waals surface area (Å²) in [6.45, 7) is 4.49. The lowest BCUT2D eigenvalue weighted by Crippen LogP contribution is -2.25. The minimum absolute atomic E-state index is 0.0999. The summed E-state index contributed by atoms with van der Waals surface area (Å²) in [5, 5.41) is 8.47. The van der Waals surface area contributed by atoms with Gasteiger partial charge in [0.05, 0.1) is 43.8 Å². The number of nitrogens with one attached hydrogen (secondary N) is 1. The molecule has 1 amide bonds. The van der Waals surface area contributed by atoms with Crippen molar-refractivity contribution in [3.8, 4) is 28.1 Å². The summed E-state index contributed by atoms with van der Waals surface area (Å²) in [4.78, 5) is 17.6. The van der Waals surface area contributed by atoms with Crippen LogP contribution in [0.2, 0.25) is 0 Å². The molecule has 9 nitrogen and oxygen atoms in total. The number of amides is 1. The lowest BCUT2D eigenvalue weighted by atomic mass is 9.85. The van der Waals surface area contributed by atoms with E-state index in [1.165, 1.54) is 11.3 Å². The van der Waals surface area contributed by atoms with Gasteiger partial charge < -0.3 is 24.3 Å². The van der Waals surface area contributed by atoms with Crippen LogP contribution in [0.15, 0.2) is 30.3 Å². The maximum atomic E-state index is 12.9. The predicted octanol–water partition coefficient (Wildman–Crippen LogP) is 4.69. The van der Waals surface area contributed by atoms with Crippen molar-refractivity contribution in [2.45, 2.75) is 26.2 Å². The molecule has 0 aliphatic carbocycles. The molecule has 1 atom stereocenters. The standard InChI is InChI=1S/C25H26N4O5S/c1-6-34-15-7-8-17-20(11-15)35-25(26-17)29-24-22(13(2)28-29)16(12-21(30)27-24)14-9-18(31-3)23(33-5)19(10-14)32-4/h7-11,16H,6,12H2,1-5H3,(H,27,30)/t16-/m1/s1. The molecule has 35 heavy (non-hydrogen) atoms. The Morgan fingerprint density at radius 2 is 1.86 bits per heavy atom. The third-order valence-electron chi connectivity index (χ3n) is 6.03. The molecular formula is C25H26N4O5S. The molecule has 182 valence electrons. The normalized spacial score (nSPS) is 15.0. The molecule has 2 aromatic heterocycles. The lowest BCUT2D eigenvalue weighted by molar-refractivity contribution is -0.116. The molecule has 10 heteroatoms. The summed E-state index contributed by atoms with van der Waals surface area (Å²) in [7, 11) is 4.72. The van der Waals surface area contributed by atoms with Crippen LogP contribution in [0, 0.1) is 6.92 Å². The highest BCUT2D eigenvalue weighted by atomic mass is 32.1. The largest absolute Gasteiger partial charge is 0.494 e. The molecule has 0 fully saturated rings. The molecule has 0 spiro atoms. The molecule has 1 N–H and O–H groups in total. The van der Waals surface area contributed by atoms with Crippen LogP contribution in [0.3, 0.4) is 0 Å². The summed E-state index contributed by atoms with van der Waals surface area (Å²) in [6, 6.07) is 9.58. The van der Waals surface area contributed by atoms with Gasteiger partial charge in [0.25, 0.3) is 0 Å². The van der Waals surface area contributed by atoms with Crippen molar-refractivity contribution in [3.63, 3.8) is 0 Å². The molecular weight excluding hydrogens is 468 g/mol. The van der Waals surface area contributed by atoms with E-state index in [4.69, 9.17) is 29.0 Å². The molecule has 3 heterocycles. The molecule has 0 radical (unpaired) electrons. The van der Waals surface area contributed by atoms with Gasteiger partial charge in [0.2, 0.25) is 16.8 Å². The number of fused-ring (bicyclic) bond motifs is 2. The second-order valence-electron chi connectivity index (χ2n) is 8.08. The highest BCUT2D eigenvalue weighted by Gasteiger charge is 2.34. The summed E-state index contributed by atoms with van der Waals surface area (Å²) >= 11 is 1.49. The van der Waals surface area contributed by atoms with Crippen LogP contribution >= 0.6 is 11.3 Å². The van der Waals surface area contributed by atoms with E-state index in [1.807, 2.05) is 44.2 Å². The zero-order valence-electron chi connectivity index (χ0n) is 20.2. The quantitative estimate of drug-likeness (QED) is 0.398. The number of anilines is 1. The number of hydrogen-bond acceptors (Lipinski definition) is 8. The zero-order valence-corrected chi connectivity index (χ0v) is 21.0. The molecule has 1 aliphatic rings. The number of hydrogen-bond donors (Lipinski definition) is 1. The molecule has 0 saturated carbocycles. The monoisotopic (exact) mass is 494 g/mol. The fourth-order valence-corrected chi connectivity index (χ4v) is 5.47. The number of aryl methyl sites for hydroxylation is 1. The number of ether oxygens (including phenoxy) is 4. The van der Waals surface area contributed by atoms with Gasteiger partial charge in [-0.15, -0.1) is 0 Å². The first kappa shape index (κ1) is 23.0. The summed E-state index contributed by atoms with van der Waals surface area (Å²) in [5.41, 5.74) is 3.48. The molecule has 2 aromatic carbocycles. The first-order valence-corrected chi connectivity index (χ1v) is 12.0. The number of benzene rings is 2. The Morgan fingerprint density at radius 1 is 1.11 bits per heavy atom. The Labute approximate surface area is 206 Å². The van der Waals surface area contributed by atoms with Crippen molar-refractivity contribution >= 4 is 33.3 Å². The summed E-state index contributed by atoms with van der Waals surface area (Å²) in [5.74, 6) is 2.67. The van der Waals surface area contributed by atoms with E-state index >= 15 is 0 Å². The van der Waals surface area contributed by atoms with Crippen LogP contribution < -0.4 is 24.3 Å². The van der Waals surface area contributed by atoms with Gasteiger partial charge in [-0.1, -0.05) is 11.3 Å². The number of carbonyl (C=O) groups excluding carboxylic acids is 1. The Bertz CT molecular complexity index is 1400. The van der Waals surface area contributed by atoms with E-state index in [-0.39, 0.29) is 18.2 Å². The van der Waals surface area contributed by atoms with E-state index in [2.05, 4.69) is 5.32 Å². The van der Waals surface area contributed by atoms with E-state index in [9.17, 15) is 4.79 Å². The molecule has 5 rings (SSSR count). The van der Waals surface area contributed by atoms with Crippen molar-refractivity contribution in [3.05, 3.63) is 47.2 Å². The van der Waals surface area contributed by atoms with Gasteiger partial charge in [0, 0.05) is 17.9 Å². The summed E-state index contributed by atoms with van der Waals surface area (Å²) < 4.78 is 24.9. The summed E-state index contributed by atoms with van der Waals surface area (Å²) in [6.07, 6.45) is 0.274. The molecule has 0 bridgehead atoms. The lowest BCUT2D eigenvalue weighted by Gasteiger charge is -2.25. The van der Waals surface area contributed by atoms with Crippen LogP contribution in [-0.4, -0.2) is 48.6 Å². The number of carbonyl (C=O) groups is 1. The van der Waals surface area contributed by atoms with Crippen LogP contribution in [0.5, 0.6) is 23.0 Å². The first-order chi connectivity index (χ1) is 17.0. The van der Waals surface area contributed by atoms with Crippen molar-refractivity contribution in [1.82, 2.24) is 14.8 Å². The fraction of sp³-hybridized carbons (Fsp3) is 0.320. The van der Waals surface area contributed by atoms with Gasteiger partial charge in [-0.3, -0.25) is 4.79 Å². The number of methoxy groups -OCH3 is 3. The maximum absolute atomic E-state index is 12.9. The molecule has 1 aliphatic heterocycles. The number of aromatic nitrogens is 3. The fourth-order valence-electron chi connectivity index (χ4n) is 4.51. The van der Waals surface area contributed by atoms with Gasteiger partial charge >= 0.3 is 0 Å². The Hall–Kier alpha value is -3.79. The maximum Gasteiger partial charge on any atom is 0.226 e. The second-order valence-corrected chi connectivity index (χ2v) is 9.09. The molecule has 0 saturated heterocycles. The molecule has 0 unspecified atom stereocenters. The topological polar surface area (TPSA) is 96.7 Å². The van der Waals surface area contributed by atoms with Gasteiger partial charge in [-0.05, 0) is 49.7 Å². The van der Waals surface area contributed by atoms with E-state index in [1.54, 1.807) is 26.0 Å².